The Labute approximate surface area is 178 Å². The molecule has 31 heavy (non-hydrogen) atoms. The molecule has 1 amide bonds. The Morgan fingerprint density at radius 3 is 2.23 bits per heavy atom. The zero-order chi connectivity index (χ0) is 22.6. The number of nitrogens with one attached hydrogen (secondary N) is 1. The van der Waals surface area contributed by atoms with Crippen LogP contribution in [0.4, 0.5) is 19.0 Å². The lowest BCUT2D eigenvalue weighted by molar-refractivity contribution is -0.137. The van der Waals surface area contributed by atoms with Crippen LogP contribution < -0.4 is 9.62 Å². The summed E-state index contributed by atoms with van der Waals surface area (Å²) in [5, 5.41) is 0. The van der Waals surface area contributed by atoms with Gasteiger partial charge in [0.1, 0.15) is 5.82 Å². The van der Waals surface area contributed by atoms with E-state index in [4.69, 9.17) is 0 Å². The fourth-order valence-electron chi connectivity index (χ4n) is 3.29. The normalized spacial score (nSPS) is 15.2. The van der Waals surface area contributed by atoms with E-state index >= 15 is 0 Å². The van der Waals surface area contributed by atoms with Crippen LogP contribution in [0.15, 0.2) is 47.5 Å². The Kier molecular flexibility index (Phi) is 6.85. The van der Waals surface area contributed by atoms with Gasteiger partial charge in [0.2, 0.25) is 15.9 Å². The van der Waals surface area contributed by atoms with Gasteiger partial charge in [-0.2, -0.15) is 13.2 Å². The minimum absolute atomic E-state index is 0.0213. The second kappa shape index (κ2) is 9.23. The van der Waals surface area contributed by atoms with E-state index < -0.39 is 21.8 Å². The number of rotatable bonds is 6. The van der Waals surface area contributed by atoms with Crippen LogP contribution in [0, 0.1) is 0 Å². The van der Waals surface area contributed by atoms with Gasteiger partial charge >= 0.3 is 6.18 Å². The van der Waals surface area contributed by atoms with Gasteiger partial charge < -0.3 is 9.80 Å². The lowest BCUT2D eigenvalue weighted by Crippen LogP contribution is -2.49. The fraction of sp³-hybridized carbons (Fsp3) is 0.400. The Morgan fingerprint density at radius 1 is 1.06 bits per heavy atom. The molecule has 3 rings (SSSR count). The van der Waals surface area contributed by atoms with E-state index in [0.29, 0.717) is 38.4 Å². The van der Waals surface area contributed by atoms with E-state index in [1.807, 2.05) is 4.90 Å². The molecular weight excluding hydrogens is 433 g/mol. The summed E-state index contributed by atoms with van der Waals surface area (Å²) in [5.74, 6) is 0.434. The van der Waals surface area contributed by atoms with Gasteiger partial charge in [-0.05, 0) is 43.3 Å². The molecule has 1 saturated heterocycles. The number of piperazine rings is 1. The van der Waals surface area contributed by atoms with Gasteiger partial charge in [-0.25, -0.2) is 18.1 Å². The highest BCUT2D eigenvalue weighted by atomic mass is 32.2. The predicted octanol–water partition coefficient (Wildman–Crippen LogP) is 2.29. The number of anilines is 1. The van der Waals surface area contributed by atoms with E-state index in [1.54, 1.807) is 17.0 Å². The van der Waals surface area contributed by atoms with Gasteiger partial charge in [0.05, 0.1) is 10.5 Å². The molecule has 1 aromatic heterocycles. The number of aromatic nitrogens is 1. The highest BCUT2D eigenvalue weighted by Crippen LogP contribution is 2.29. The highest BCUT2D eigenvalue weighted by Gasteiger charge is 2.31. The van der Waals surface area contributed by atoms with E-state index in [0.717, 1.165) is 17.8 Å². The topological polar surface area (TPSA) is 82.6 Å². The smallest absolute Gasteiger partial charge is 0.353 e. The van der Waals surface area contributed by atoms with Crippen LogP contribution in [0.2, 0.25) is 0 Å². The van der Waals surface area contributed by atoms with Crippen molar-refractivity contribution in [3.05, 3.63) is 53.7 Å². The summed E-state index contributed by atoms with van der Waals surface area (Å²) in [7, 11) is -2.15. The first-order valence-corrected chi connectivity index (χ1v) is 11.2. The number of amides is 1. The number of carbonyl (C=O) groups excluding carboxylic acids is 1. The Bertz CT molecular complexity index is 1000. The highest BCUT2D eigenvalue weighted by molar-refractivity contribution is 7.89. The lowest BCUT2D eigenvalue weighted by Gasteiger charge is -2.35. The van der Waals surface area contributed by atoms with Crippen molar-refractivity contribution in [1.29, 1.82) is 0 Å². The molecule has 0 radical (unpaired) electrons. The second-order valence-corrected chi connectivity index (χ2v) is 9.01. The molecule has 1 fully saturated rings. The first kappa shape index (κ1) is 23.0. The third kappa shape index (κ3) is 5.73. The minimum Gasteiger partial charge on any atom is -0.353 e. The molecule has 7 nitrogen and oxygen atoms in total. The summed E-state index contributed by atoms with van der Waals surface area (Å²) in [5.41, 5.74) is 0.0673. The van der Waals surface area contributed by atoms with Crippen molar-refractivity contribution in [1.82, 2.24) is 14.6 Å². The fourth-order valence-corrected chi connectivity index (χ4v) is 4.02. The molecule has 0 spiro atoms. The van der Waals surface area contributed by atoms with Crippen LogP contribution in [0.1, 0.15) is 17.5 Å². The minimum atomic E-state index is -4.42. The zero-order valence-electron chi connectivity index (χ0n) is 16.9. The van der Waals surface area contributed by atoms with Crippen LogP contribution in [0.5, 0.6) is 0 Å². The number of alkyl halides is 3. The number of sulfonamides is 1. The van der Waals surface area contributed by atoms with Gasteiger partial charge in [0.15, 0.2) is 0 Å². The molecule has 1 aromatic carbocycles. The number of hydrogen-bond donors (Lipinski definition) is 1. The van der Waals surface area contributed by atoms with E-state index in [9.17, 15) is 26.4 Å². The molecule has 0 aliphatic carbocycles. The SMILES string of the molecule is CNS(=O)(=O)c1ccc(CCC(=O)N2CCN(c3ccc(C(F)(F)F)cn3)CC2)cc1. The average molecular weight is 456 g/mol. The lowest BCUT2D eigenvalue weighted by atomic mass is 10.1. The number of halogens is 3. The largest absolute Gasteiger partial charge is 0.417 e. The number of carbonyl (C=O) groups is 1. The molecule has 1 N–H and O–H groups in total. The Balaban J connectivity index is 1.49. The van der Waals surface area contributed by atoms with Crippen molar-refractivity contribution in [2.75, 3.05) is 38.1 Å². The molecule has 11 heteroatoms. The summed E-state index contributed by atoms with van der Waals surface area (Å²) in [4.78, 5) is 20.1. The monoisotopic (exact) mass is 456 g/mol. The quantitative estimate of drug-likeness (QED) is 0.721. The second-order valence-electron chi connectivity index (χ2n) is 7.12. The van der Waals surface area contributed by atoms with Gasteiger partial charge in [0, 0.05) is 38.8 Å². The van der Waals surface area contributed by atoms with E-state index in [-0.39, 0.29) is 17.2 Å². The standard InChI is InChI=1S/C20H23F3N4O3S/c1-24-31(29,30)17-6-2-15(3-7-17)4-9-19(28)27-12-10-26(11-13-27)18-8-5-16(14-25-18)20(21,22)23/h2-3,5-8,14,24H,4,9-13H2,1H3. The maximum absolute atomic E-state index is 12.7. The molecule has 1 aliphatic rings. The van der Waals surface area contributed by atoms with E-state index in [2.05, 4.69) is 9.71 Å². The molecule has 0 saturated carbocycles. The third-order valence-corrected chi connectivity index (χ3v) is 6.59. The number of hydrogen-bond acceptors (Lipinski definition) is 5. The van der Waals surface area contributed by atoms with Crippen LogP contribution in [0.25, 0.3) is 0 Å². The van der Waals surface area contributed by atoms with Crippen molar-refractivity contribution in [3.8, 4) is 0 Å². The summed E-state index contributed by atoms with van der Waals surface area (Å²) < 4.78 is 63.7. The molecule has 1 aliphatic heterocycles. The van der Waals surface area contributed by atoms with Gasteiger partial charge in [-0.15, -0.1) is 0 Å². The van der Waals surface area contributed by atoms with Crippen molar-refractivity contribution < 1.29 is 26.4 Å². The number of benzene rings is 1. The molecule has 2 heterocycles. The van der Waals surface area contributed by atoms with Crippen molar-refractivity contribution >= 4 is 21.7 Å². The van der Waals surface area contributed by atoms with Crippen LogP contribution in [-0.4, -0.2) is 57.4 Å². The molecule has 0 bridgehead atoms. The van der Waals surface area contributed by atoms with Gasteiger partial charge in [0.25, 0.3) is 0 Å². The summed E-state index contributed by atoms with van der Waals surface area (Å²) in [6.45, 7) is 1.89. The number of nitrogens with zero attached hydrogens (tertiary/aromatic N) is 3. The van der Waals surface area contributed by atoms with Gasteiger partial charge in [-0.3, -0.25) is 4.79 Å². The number of aryl methyl sites for hydroxylation is 1. The maximum atomic E-state index is 12.7. The summed E-state index contributed by atoms with van der Waals surface area (Å²) in [6.07, 6.45) is -2.83. The molecular formula is C20H23F3N4O3S. The molecule has 0 unspecified atom stereocenters. The van der Waals surface area contributed by atoms with Crippen LogP contribution in [0.3, 0.4) is 0 Å². The third-order valence-electron chi connectivity index (χ3n) is 5.16. The molecule has 0 atom stereocenters. The zero-order valence-corrected chi connectivity index (χ0v) is 17.7. The van der Waals surface area contributed by atoms with Crippen molar-refractivity contribution in [2.45, 2.75) is 23.9 Å². The average Bonchev–Trinajstić information content (AvgIpc) is 2.77. The Hall–Kier alpha value is -2.66. The number of pyridine rings is 1. The van der Waals surface area contributed by atoms with Crippen molar-refractivity contribution in [3.63, 3.8) is 0 Å². The first-order valence-electron chi connectivity index (χ1n) is 9.68. The Morgan fingerprint density at radius 2 is 1.71 bits per heavy atom. The molecule has 2 aromatic rings. The predicted molar refractivity (Wildman–Crippen MR) is 109 cm³/mol. The van der Waals surface area contributed by atoms with E-state index in [1.165, 1.54) is 25.2 Å². The summed E-state index contributed by atoms with van der Waals surface area (Å²) >= 11 is 0. The molecule has 168 valence electrons. The summed E-state index contributed by atoms with van der Waals surface area (Å²) in [6, 6.07) is 8.73. The van der Waals surface area contributed by atoms with Crippen LogP contribution in [-0.2, 0) is 27.4 Å². The van der Waals surface area contributed by atoms with Crippen LogP contribution >= 0.6 is 0 Å². The van der Waals surface area contributed by atoms with Crippen molar-refractivity contribution in [2.24, 2.45) is 0 Å². The van der Waals surface area contributed by atoms with Gasteiger partial charge in [-0.1, -0.05) is 12.1 Å². The maximum Gasteiger partial charge on any atom is 0.417 e. The first-order chi connectivity index (χ1) is 14.6.